The highest BCUT2D eigenvalue weighted by molar-refractivity contribution is 5.98. The van der Waals surface area contributed by atoms with Crippen molar-refractivity contribution in [2.24, 2.45) is 10.4 Å². The molecule has 2 aromatic heterocycles. The van der Waals surface area contributed by atoms with E-state index in [1.807, 2.05) is 19.9 Å². The molecule has 1 aliphatic rings. The number of nitrogens with zero attached hydrogens (tertiary/aromatic N) is 4. The lowest BCUT2D eigenvalue weighted by molar-refractivity contribution is -0.138. The van der Waals surface area contributed by atoms with Gasteiger partial charge in [0, 0.05) is 23.6 Å². The fourth-order valence-corrected chi connectivity index (χ4v) is 4.44. The molecule has 43 heavy (non-hydrogen) atoms. The Hall–Kier alpha value is -5.27. The summed E-state index contributed by atoms with van der Waals surface area (Å²) in [6, 6.07) is 13.9. The number of pyridine rings is 1. The highest BCUT2D eigenvalue weighted by atomic mass is 19.4. The van der Waals surface area contributed by atoms with Gasteiger partial charge in [0.05, 0.1) is 36.3 Å². The number of aliphatic hydroxyl groups is 1. The van der Waals surface area contributed by atoms with E-state index < -0.39 is 29.5 Å². The number of fused-ring (bicyclic) bond motifs is 1. The monoisotopic (exact) mass is 590 g/mol. The molecule has 0 saturated heterocycles. The summed E-state index contributed by atoms with van der Waals surface area (Å²) < 4.78 is 59.6. The predicted octanol–water partition coefficient (Wildman–Crippen LogP) is 6.00. The first-order valence-corrected chi connectivity index (χ1v) is 13.1. The number of aromatic nitrogens is 2. The first-order chi connectivity index (χ1) is 20.6. The third kappa shape index (κ3) is 6.03. The lowest BCUT2D eigenvalue weighted by Crippen LogP contribution is -2.39. The minimum absolute atomic E-state index is 0.0295. The van der Waals surface area contributed by atoms with E-state index in [4.69, 9.17) is 14.2 Å². The molecule has 0 spiro atoms. The Kier molecular flexibility index (Phi) is 7.85. The van der Waals surface area contributed by atoms with Crippen molar-refractivity contribution >= 4 is 22.7 Å². The standard InChI is InChI=1S/C30H25F3N6O4/c1-17(2)42-23-5-3-18(9-19(23)11-34)21-12-37-27-26(21)25(7-8-36-27)43-24-6-4-20(10-22(24)30(31,32)33)39-28-38-14-29(13-35,15-40)16-41-28/h3-10,12,17,40H,14-16H2,1-2H3,(H,36,37)(H,38,39)/t29-/m0/s1. The number of halogens is 3. The number of H-pyrrole nitrogens is 1. The number of hydrogen-bond acceptors (Lipinski definition) is 9. The normalized spacial score (nSPS) is 16.6. The molecule has 0 saturated carbocycles. The maximum absolute atomic E-state index is 14.2. The van der Waals surface area contributed by atoms with Crippen LogP contribution in [0, 0.1) is 28.1 Å². The second-order valence-corrected chi connectivity index (χ2v) is 10.1. The Morgan fingerprint density at radius 3 is 2.58 bits per heavy atom. The number of nitrogens with one attached hydrogen (secondary N) is 2. The van der Waals surface area contributed by atoms with Crippen molar-refractivity contribution in [2.45, 2.75) is 26.1 Å². The fraction of sp³-hybridized carbons (Fsp3) is 0.267. The van der Waals surface area contributed by atoms with Crippen molar-refractivity contribution in [3.63, 3.8) is 0 Å². The molecular formula is C30H25F3N6O4. The van der Waals surface area contributed by atoms with E-state index >= 15 is 0 Å². The number of ether oxygens (including phenoxy) is 3. The number of hydrogen-bond donors (Lipinski definition) is 3. The van der Waals surface area contributed by atoms with Crippen molar-refractivity contribution in [3.8, 4) is 40.5 Å². The van der Waals surface area contributed by atoms with Gasteiger partial charge in [0.25, 0.3) is 6.02 Å². The lowest BCUT2D eigenvalue weighted by atomic mass is 9.92. The van der Waals surface area contributed by atoms with Crippen LogP contribution in [0.15, 0.2) is 59.9 Å². The minimum atomic E-state index is -4.78. The van der Waals surface area contributed by atoms with Gasteiger partial charge in [0.1, 0.15) is 46.6 Å². The average molecular weight is 591 g/mol. The molecular weight excluding hydrogens is 565 g/mol. The summed E-state index contributed by atoms with van der Waals surface area (Å²) in [5, 5.41) is 31.5. The molecule has 10 nitrogen and oxygen atoms in total. The molecule has 1 aliphatic heterocycles. The zero-order valence-electron chi connectivity index (χ0n) is 23.0. The zero-order chi connectivity index (χ0) is 30.8. The first-order valence-electron chi connectivity index (χ1n) is 13.1. The second kappa shape index (κ2) is 11.5. The van der Waals surface area contributed by atoms with Crippen LogP contribution in [0.3, 0.4) is 0 Å². The molecule has 0 radical (unpaired) electrons. The Bertz CT molecular complexity index is 1790. The van der Waals surface area contributed by atoms with Gasteiger partial charge in [-0.05, 0) is 55.8 Å². The topological polar surface area (TPSA) is 149 Å². The van der Waals surface area contributed by atoms with E-state index in [-0.39, 0.29) is 36.7 Å². The molecule has 0 unspecified atom stereocenters. The number of aromatic amines is 1. The number of anilines is 1. The van der Waals surface area contributed by atoms with E-state index in [2.05, 4.69) is 26.3 Å². The lowest BCUT2D eigenvalue weighted by Gasteiger charge is -2.27. The van der Waals surface area contributed by atoms with Gasteiger partial charge in [0.2, 0.25) is 0 Å². The zero-order valence-corrected chi connectivity index (χ0v) is 23.0. The van der Waals surface area contributed by atoms with E-state index in [0.717, 1.165) is 6.07 Å². The summed E-state index contributed by atoms with van der Waals surface area (Å²) in [6.45, 7) is 2.98. The van der Waals surface area contributed by atoms with Crippen molar-refractivity contribution in [2.75, 3.05) is 25.1 Å². The van der Waals surface area contributed by atoms with E-state index in [9.17, 15) is 28.8 Å². The molecule has 4 aromatic rings. The van der Waals surface area contributed by atoms with E-state index in [0.29, 0.717) is 33.5 Å². The van der Waals surface area contributed by atoms with Crippen LogP contribution in [0.1, 0.15) is 25.0 Å². The van der Waals surface area contributed by atoms with Gasteiger partial charge in [-0.15, -0.1) is 0 Å². The summed E-state index contributed by atoms with van der Waals surface area (Å²) in [4.78, 5) is 11.3. The smallest absolute Gasteiger partial charge is 0.420 e. The van der Waals surface area contributed by atoms with Crippen LogP contribution in [0.4, 0.5) is 18.9 Å². The van der Waals surface area contributed by atoms with Gasteiger partial charge >= 0.3 is 6.18 Å². The van der Waals surface area contributed by atoms with Gasteiger partial charge in [-0.1, -0.05) is 6.07 Å². The van der Waals surface area contributed by atoms with Crippen molar-refractivity contribution < 1.29 is 32.5 Å². The number of amidine groups is 1. The maximum atomic E-state index is 14.2. The van der Waals surface area contributed by atoms with Crippen LogP contribution in [0.5, 0.6) is 17.2 Å². The molecule has 0 bridgehead atoms. The maximum Gasteiger partial charge on any atom is 0.420 e. The fourth-order valence-electron chi connectivity index (χ4n) is 4.44. The van der Waals surface area contributed by atoms with E-state index in [1.54, 1.807) is 24.4 Å². The molecule has 5 rings (SSSR count). The number of rotatable bonds is 7. The Labute approximate surface area is 244 Å². The highest BCUT2D eigenvalue weighted by Gasteiger charge is 2.37. The van der Waals surface area contributed by atoms with E-state index in [1.165, 1.54) is 24.4 Å². The van der Waals surface area contributed by atoms with Crippen LogP contribution >= 0.6 is 0 Å². The summed E-state index contributed by atoms with van der Waals surface area (Å²) >= 11 is 0. The van der Waals surface area contributed by atoms with Crippen molar-refractivity contribution in [1.82, 2.24) is 9.97 Å². The van der Waals surface area contributed by atoms with Gasteiger partial charge in [-0.3, -0.25) is 0 Å². The SMILES string of the molecule is CC(C)Oc1ccc(-c2c[nH]c3nccc(Oc4ccc(NC5=NC[C@@](C#N)(CO)CO5)cc4C(F)(F)F)c23)cc1C#N. The molecule has 2 aromatic carbocycles. The molecule has 220 valence electrons. The molecule has 3 N–H and O–H groups in total. The van der Waals surface area contributed by atoms with Crippen LogP contribution < -0.4 is 14.8 Å². The first kappa shape index (κ1) is 29.2. The Morgan fingerprint density at radius 2 is 1.93 bits per heavy atom. The molecule has 1 atom stereocenters. The summed E-state index contributed by atoms with van der Waals surface area (Å²) in [7, 11) is 0. The third-order valence-electron chi connectivity index (χ3n) is 6.62. The number of nitriles is 2. The van der Waals surface area contributed by atoms with Crippen LogP contribution in [-0.2, 0) is 10.9 Å². The molecule has 0 fully saturated rings. The van der Waals surface area contributed by atoms with Gasteiger partial charge in [0.15, 0.2) is 0 Å². The molecule has 0 aliphatic carbocycles. The van der Waals surface area contributed by atoms with Crippen molar-refractivity contribution in [3.05, 3.63) is 66.0 Å². The Balaban J connectivity index is 1.48. The molecule has 3 heterocycles. The van der Waals surface area contributed by atoms with Crippen molar-refractivity contribution in [1.29, 1.82) is 10.5 Å². The Morgan fingerprint density at radius 1 is 1.14 bits per heavy atom. The van der Waals surface area contributed by atoms with Crippen LogP contribution in [0.2, 0.25) is 0 Å². The molecule has 13 heteroatoms. The number of benzene rings is 2. The third-order valence-corrected chi connectivity index (χ3v) is 6.62. The second-order valence-electron chi connectivity index (χ2n) is 10.1. The number of aliphatic imine (C=N–C) groups is 1. The quantitative estimate of drug-likeness (QED) is 0.237. The summed E-state index contributed by atoms with van der Waals surface area (Å²) in [6.07, 6.45) is -1.87. The largest absolute Gasteiger partial charge is 0.490 e. The van der Waals surface area contributed by atoms with Gasteiger partial charge in [-0.25, -0.2) is 9.98 Å². The predicted molar refractivity (Wildman–Crippen MR) is 151 cm³/mol. The number of alkyl halides is 3. The summed E-state index contributed by atoms with van der Waals surface area (Å²) in [5.74, 6) is 0.0817. The average Bonchev–Trinajstić information content (AvgIpc) is 3.43. The highest BCUT2D eigenvalue weighted by Crippen LogP contribution is 2.43. The summed E-state index contributed by atoms with van der Waals surface area (Å²) in [5.41, 5.74) is -0.364. The van der Waals surface area contributed by atoms with Gasteiger partial charge < -0.3 is 29.6 Å². The van der Waals surface area contributed by atoms with Crippen LogP contribution in [0.25, 0.3) is 22.2 Å². The molecule has 0 amide bonds. The van der Waals surface area contributed by atoms with Gasteiger partial charge in [-0.2, -0.15) is 23.7 Å². The minimum Gasteiger partial charge on any atom is -0.490 e. The van der Waals surface area contributed by atoms with Crippen LogP contribution in [-0.4, -0.2) is 47.0 Å². The number of aliphatic hydroxyl groups excluding tert-OH is 1.